The van der Waals surface area contributed by atoms with Crippen molar-refractivity contribution in [2.24, 2.45) is 0 Å². The van der Waals surface area contributed by atoms with Crippen LogP contribution in [-0.2, 0) is 20.7 Å². The minimum Gasteiger partial charge on any atom is -0.455 e. The van der Waals surface area contributed by atoms with Crippen molar-refractivity contribution in [3.63, 3.8) is 0 Å². The molecule has 2 aromatic carbocycles. The van der Waals surface area contributed by atoms with Crippen LogP contribution in [0.2, 0.25) is 5.02 Å². The normalized spacial score (nSPS) is 11.6. The first kappa shape index (κ1) is 19.0. The van der Waals surface area contributed by atoms with Gasteiger partial charge in [-0.1, -0.05) is 49.7 Å². The third-order valence-corrected chi connectivity index (χ3v) is 4.25. The van der Waals surface area contributed by atoms with Crippen LogP contribution in [0.5, 0.6) is 0 Å². The highest BCUT2D eigenvalue weighted by molar-refractivity contribution is 6.30. The number of halogens is 1. The lowest BCUT2D eigenvalue weighted by atomic mass is 9.99. The van der Waals surface area contributed by atoms with Gasteiger partial charge in [0.2, 0.25) is 0 Å². The van der Waals surface area contributed by atoms with E-state index in [0.29, 0.717) is 16.6 Å². The van der Waals surface area contributed by atoms with Gasteiger partial charge in [-0.25, -0.2) is 0 Å². The van der Waals surface area contributed by atoms with Crippen LogP contribution in [-0.4, -0.2) is 18.5 Å². The van der Waals surface area contributed by atoms with Gasteiger partial charge >= 0.3 is 5.97 Å². The molecule has 0 saturated carbocycles. The van der Waals surface area contributed by atoms with Gasteiger partial charge in [0.05, 0.1) is 6.42 Å². The first-order valence-electron chi connectivity index (χ1n) is 8.27. The monoisotopic (exact) mass is 359 g/mol. The maximum Gasteiger partial charge on any atom is 0.310 e. The summed E-state index contributed by atoms with van der Waals surface area (Å²) in [6, 6.07) is 14.6. The van der Waals surface area contributed by atoms with Crippen LogP contribution in [0.15, 0.2) is 48.5 Å². The molecule has 0 aliphatic heterocycles. The van der Waals surface area contributed by atoms with E-state index in [2.05, 4.69) is 19.2 Å². The number of rotatable bonds is 7. The molecule has 0 aliphatic rings. The average molecular weight is 360 g/mol. The third kappa shape index (κ3) is 6.24. The lowest BCUT2D eigenvalue weighted by molar-refractivity contribution is -0.146. The molecule has 132 valence electrons. The number of hydrogen-bond donors (Lipinski definition) is 1. The van der Waals surface area contributed by atoms with Gasteiger partial charge in [0.15, 0.2) is 6.61 Å². The van der Waals surface area contributed by atoms with Gasteiger partial charge in [-0.15, -0.1) is 0 Å². The summed E-state index contributed by atoms with van der Waals surface area (Å²) < 4.78 is 5.01. The SMILES string of the molecule is CC[C@H](C)c1ccc(NC(=O)COC(=O)Cc2ccc(Cl)cc2)cc1. The summed E-state index contributed by atoms with van der Waals surface area (Å²) in [6.07, 6.45) is 1.17. The van der Waals surface area contributed by atoms with Crippen LogP contribution in [0.1, 0.15) is 37.3 Å². The minimum absolute atomic E-state index is 0.105. The topological polar surface area (TPSA) is 55.4 Å². The van der Waals surface area contributed by atoms with Gasteiger partial charge in [0, 0.05) is 10.7 Å². The van der Waals surface area contributed by atoms with Crippen molar-refractivity contribution in [1.82, 2.24) is 0 Å². The van der Waals surface area contributed by atoms with Gasteiger partial charge < -0.3 is 10.1 Å². The second-order valence-electron chi connectivity index (χ2n) is 5.94. The van der Waals surface area contributed by atoms with Gasteiger partial charge in [-0.2, -0.15) is 0 Å². The Morgan fingerprint density at radius 2 is 1.72 bits per heavy atom. The van der Waals surface area contributed by atoms with E-state index in [1.807, 2.05) is 24.3 Å². The maximum atomic E-state index is 11.9. The summed E-state index contributed by atoms with van der Waals surface area (Å²) in [6.45, 7) is 3.99. The highest BCUT2D eigenvalue weighted by atomic mass is 35.5. The number of nitrogens with one attached hydrogen (secondary N) is 1. The first-order valence-corrected chi connectivity index (χ1v) is 8.65. The second-order valence-corrected chi connectivity index (χ2v) is 6.38. The quantitative estimate of drug-likeness (QED) is 0.736. The minimum atomic E-state index is -0.454. The molecule has 2 aromatic rings. The summed E-state index contributed by atoms with van der Waals surface area (Å²) >= 11 is 5.79. The number of amides is 1. The Bertz CT molecular complexity index is 711. The standard InChI is InChI=1S/C20H22ClNO3/c1-3-14(2)16-6-10-18(11-7-16)22-19(23)13-25-20(24)12-15-4-8-17(21)9-5-15/h4-11,14H,3,12-13H2,1-2H3,(H,22,23)/t14-/m0/s1. The fourth-order valence-corrected chi connectivity index (χ4v) is 2.42. The molecule has 2 rings (SSSR count). The van der Waals surface area contributed by atoms with Gasteiger partial charge in [0.25, 0.3) is 5.91 Å². The Morgan fingerprint density at radius 1 is 1.08 bits per heavy atom. The fourth-order valence-electron chi connectivity index (χ4n) is 2.29. The van der Waals surface area contributed by atoms with Crippen LogP contribution < -0.4 is 5.32 Å². The molecule has 1 N–H and O–H groups in total. The van der Waals surface area contributed by atoms with E-state index in [9.17, 15) is 9.59 Å². The van der Waals surface area contributed by atoms with E-state index in [4.69, 9.17) is 16.3 Å². The molecule has 0 aromatic heterocycles. The Kier molecular flexibility index (Phi) is 7.02. The molecule has 0 aliphatic carbocycles. The van der Waals surface area contributed by atoms with Crippen LogP contribution in [0.4, 0.5) is 5.69 Å². The van der Waals surface area contributed by atoms with Crippen molar-refractivity contribution in [1.29, 1.82) is 0 Å². The Morgan fingerprint density at radius 3 is 2.32 bits per heavy atom. The van der Waals surface area contributed by atoms with Crippen LogP contribution in [0.3, 0.4) is 0 Å². The van der Waals surface area contributed by atoms with Crippen molar-refractivity contribution in [2.75, 3.05) is 11.9 Å². The number of esters is 1. The fraction of sp³-hybridized carbons (Fsp3) is 0.300. The van der Waals surface area contributed by atoms with Crippen LogP contribution in [0.25, 0.3) is 0 Å². The largest absolute Gasteiger partial charge is 0.455 e. The molecule has 4 nitrogen and oxygen atoms in total. The molecule has 0 fully saturated rings. The molecular weight excluding hydrogens is 338 g/mol. The zero-order valence-corrected chi connectivity index (χ0v) is 15.2. The Balaban J connectivity index is 1.78. The van der Waals surface area contributed by atoms with E-state index in [1.54, 1.807) is 24.3 Å². The molecule has 0 spiro atoms. The van der Waals surface area contributed by atoms with E-state index < -0.39 is 5.97 Å². The van der Waals surface area contributed by atoms with Crippen LogP contribution >= 0.6 is 11.6 Å². The first-order chi connectivity index (χ1) is 12.0. The molecule has 5 heteroatoms. The lowest BCUT2D eigenvalue weighted by Crippen LogP contribution is -2.21. The molecule has 0 radical (unpaired) electrons. The molecule has 1 amide bonds. The van der Waals surface area contributed by atoms with Crippen molar-refractivity contribution < 1.29 is 14.3 Å². The zero-order valence-electron chi connectivity index (χ0n) is 14.4. The number of hydrogen-bond acceptors (Lipinski definition) is 3. The molecule has 0 unspecified atom stereocenters. The van der Waals surface area contributed by atoms with Crippen molar-refractivity contribution in [3.05, 3.63) is 64.7 Å². The van der Waals surface area contributed by atoms with Crippen molar-refractivity contribution in [3.8, 4) is 0 Å². The predicted octanol–water partition coefficient (Wildman–Crippen LogP) is 4.58. The molecule has 0 heterocycles. The van der Waals surface area contributed by atoms with Crippen molar-refractivity contribution >= 4 is 29.2 Å². The third-order valence-electron chi connectivity index (χ3n) is 4.00. The lowest BCUT2D eigenvalue weighted by Gasteiger charge is -2.10. The highest BCUT2D eigenvalue weighted by Gasteiger charge is 2.09. The predicted molar refractivity (Wildman–Crippen MR) is 99.9 cm³/mol. The zero-order chi connectivity index (χ0) is 18.2. The highest BCUT2D eigenvalue weighted by Crippen LogP contribution is 2.20. The molecule has 1 atom stereocenters. The summed E-state index contributed by atoms with van der Waals surface area (Å²) in [5.41, 5.74) is 2.70. The Hall–Kier alpha value is -2.33. The van der Waals surface area contributed by atoms with E-state index in [1.165, 1.54) is 5.56 Å². The second kappa shape index (κ2) is 9.23. The Labute approximate surface area is 153 Å². The summed E-state index contributed by atoms with van der Waals surface area (Å²) in [5.74, 6) is -0.330. The molecular formula is C20H22ClNO3. The van der Waals surface area contributed by atoms with E-state index >= 15 is 0 Å². The molecule has 25 heavy (non-hydrogen) atoms. The number of ether oxygens (including phenoxy) is 1. The summed E-state index contributed by atoms with van der Waals surface area (Å²) in [7, 11) is 0. The van der Waals surface area contributed by atoms with Gasteiger partial charge in [0.1, 0.15) is 0 Å². The number of carbonyl (C=O) groups is 2. The van der Waals surface area contributed by atoms with Gasteiger partial charge in [-0.3, -0.25) is 9.59 Å². The molecule has 0 saturated heterocycles. The number of carbonyl (C=O) groups excluding carboxylic acids is 2. The van der Waals surface area contributed by atoms with E-state index in [-0.39, 0.29) is 18.9 Å². The number of anilines is 1. The average Bonchev–Trinajstić information content (AvgIpc) is 2.62. The van der Waals surface area contributed by atoms with Gasteiger partial charge in [-0.05, 0) is 47.7 Å². The van der Waals surface area contributed by atoms with Crippen LogP contribution in [0, 0.1) is 0 Å². The summed E-state index contributed by atoms with van der Waals surface area (Å²) in [4.78, 5) is 23.7. The van der Waals surface area contributed by atoms with Crippen molar-refractivity contribution in [2.45, 2.75) is 32.6 Å². The molecule has 0 bridgehead atoms. The number of benzene rings is 2. The maximum absolute atomic E-state index is 11.9. The van der Waals surface area contributed by atoms with E-state index in [0.717, 1.165) is 12.0 Å². The smallest absolute Gasteiger partial charge is 0.310 e. The summed E-state index contributed by atoms with van der Waals surface area (Å²) in [5, 5.41) is 3.33.